The summed E-state index contributed by atoms with van der Waals surface area (Å²) in [5, 5.41) is 20.6. The van der Waals surface area contributed by atoms with Crippen molar-refractivity contribution in [2.45, 2.75) is 46.6 Å². The highest BCUT2D eigenvalue weighted by Gasteiger charge is 2.18. The Morgan fingerprint density at radius 1 is 1.03 bits per heavy atom. The van der Waals surface area contributed by atoms with Crippen LogP contribution in [0.2, 0.25) is 0 Å². The Hall–Kier alpha value is -3.58. The Bertz CT molecular complexity index is 1150. The van der Waals surface area contributed by atoms with Crippen molar-refractivity contribution in [3.05, 3.63) is 77.5 Å². The van der Waals surface area contributed by atoms with Gasteiger partial charge in [0, 0.05) is 41.7 Å². The van der Waals surface area contributed by atoms with Crippen LogP contribution in [0.5, 0.6) is 5.75 Å². The minimum atomic E-state index is -1.26. The van der Waals surface area contributed by atoms with Crippen LogP contribution in [0.4, 0.5) is 0 Å². The van der Waals surface area contributed by atoms with Crippen molar-refractivity contribution in [1.82, 2.24) is 9.88 Å². The van der Waals surface area contributed by atoms with Crippen molar-refractivity contribution >= 4 is 22.8 Å². The fourth-order valence-electron chi connectivity index (χ4n) is 4.15. The molecule has 0 aliphatic carbocycles. The third kappa shape index (κ3) is 7.72. The van der Waals surface area contributed by atoms with E-state index in [2.05, 4.69) is 72.3 Å². The molecule has 2 heterocycles. The van der Waals surface area contributed by atoms with Crippen LogP contribution in [0.15, 0.2) is 60.7 Å². The summed E-state index contributed by atoms with van der Waals surface area (Å²) < 4.78 is 8.58. The van der Waals surface area contributed by atoms with Crippen LogP contribution < -0.4 is 10.1 Å². The number of hydrogen-bond acceptors (Lipinski definition) is 4. The first kappa shape index (κ1) is 27.7. The Morgan fingerprint density at radius 3 is 2.40 bits per heavy atom. The first-order valence-corrected chi connectivity index (χ1v) is 11.5. The lowest BCUT2D eigenvalue weighted by molar-refractivity contribution is -0.134. The normalized spacial score (nSPS) is 12.9. The molecule has 0 unspecified atom stereocenters. The fraction of sp³-hybridized carbons (Fsp3) is 0.357. The molecule has 0 atom stereocenters. The standard InChI is InChI=1S/C23H28N2O.C4H4O4.CH4/c1-17(2)18-6-5-7-19(16-18)26-15-14-25-22-9-4-3-8-20(22)21-10-12-24-13-11-23(21)25;5-3(6)1-2-4(7)8;/h3-9,16-17,24H,10-15H2,1-2H3;1-2H,(H,5,6)(H,7,8);1H4/b;2-1-;. The average molecular weight is 481 g/mol. The van der Waals surface area contributed by atoms with E-state index in [-0.39, 0.29) is 7.43 Å². The minimum Gasteiger partial charge on any atom is -0.492 e. The Morgan fingerprint density at radius 2 is 1.71 bits per heavy atom. The van der Waals surface area contributed by atoms with E-state index in [9.17, 15) is 9.59 Å². The highest BCUT2D eigenvalue weighted by atomic mass is 16.5. The van der Waals surface area contributed by atoms with Crippen LogP contribution >= 0.6 is 0 Å². The molecule has 1 aliphatic heterocycles. The zero-order valence-electron chi connectivity index (χ0n) is 19.7. The molecular formula is C28H36N2O5. The van der Waals surface area contributed by atoms with E-state index in [1.165, 1.54) is 27.7 Å². The van der Waals surface area contributed by atoms with Gasteiger partial charge < -0.3 is 24.8 Å². The Labute approximate surface area is 207 Å². The number of nitrogens with zero attached hydrogens (tertiary/aromatic N) is 1. The highest BCUT2D eigenvalue weighted by Crippen LogP contribution is 2.28. The van der Waals surface area contributed by atoms with Gasteiger partial charge in [0.1, 0.15) is 12.4 Å². The molecule has 0 bridgehead atoms. The molecule has 188 valence electrons. The van der Waals surface area contributed by atoms with Crippen molar-refractivity contribution in [3.8, 4) is 5.75 Å². The zero-order valence-corrected chi connectivity index (χ0v) is 19.7. The summed E-state index contributed by atoms with van der Waals surface area (Å²) in [4.78, 5) is 19.1. The van der Waals surface area contributed by atoms with Gasteiger partial charge in [-0.25, -0.2) is 9.59 Å². The quantitative estimate of drug-likeness (QED) is 0.417. The number of para-hydroxylation sites is 1. The lowest BCUT2D eigenvalue weighted by Crippen LogP contribution is -2.18. The predicted octanol–water partition coefficient (Wildman–Crippen LogP) is 4.88. The van der Waals surface area contributed by atoms with Gasteiger partial charge in [0.05, 0.1) is 6.54 Å². The summed E-state index contributed by atoms with van der Waals surface area (Å²) in [6.07, 6.45) is 3.32. The number of ether oxygens (including phenoxy) is 1. The number of nitrogens with one attached hydrogen (secondary N) is 1. The SMILES string of the molecule is C.CC(C)c1cccc(OCCn2c3c(c4ccccc42)CCNCC3)c1.O=C(O)/C=C\C(=O)O. The van der Waals surface area contributed by atoms with Crippen molar-refractivity contribution in [3.63, 3.8) is 0 Å². The number of carboxylic acid groups (broad SMARTS) is 2. The van der Waals surface area contributed by atoms with Gasteiger partial charge in [-0.15, -0.1) is 0 Å². The lowest BCUT2D eigenvalue weighted by Gasteiger charge is -2.13. The van der Waals surface area contributed by atoms with E-state index in [1.54, 1.807) is 0 Å². The van der Waals surface area contributed by atoms with Crippen LogP contribution in [0.1, 0.15) is 44.0 Å². The Kier molecular flexibility index (Phi) is 10.5. The van der Waals surface area contributed by atoms with Crippen molar-refractivity contribution in [2.24, 2.45) is 0 Å². The van der Waals surface area contributed by atoms with E-state index in [0.717, 1.165) is 38.2 Å². The van der Waals surface area contributed by atoms with Crippen molar-refractivity contribution < 1.29 is 24.5 Å². The molecule has 2 aromatic carbocycles. The van der Waals surface area contributed by atoms with E-state index < -0.39 is 11.9 Å². The highest BCUT2D eigenvalue weighted by molar-refractivity contribution is 5.89. The molecule has 7 heteroatoms. The molecule has 1 aromatic heterocycles. The number of fused-ring (bicyclic) bond motifs is 3. The Balaban J connectivity index is 0.000000418. The zero-order chi connectivity index (χ0) is 24.5. The van der Waals surface area contributed by atoms with Gasteiger partial charge >= 0.3 is 11.9 Å². The number of rotatable bonds is 7. The largest absolute Gasteiger partial charge is 0.492 e. The van der Waals surface area contributed by atoms with E-state index in [1.807, 2.05) is 0 Å². The molecule has 35 heavy (non-hydrogen) atoms. The van der Waals surface area contributed by atoms with E-state index >= 15 is 0 Å². The number of hydrogen-bond donors (Lipinski definition) is 3. The van der Waals surface area contributed by atoms with Gasteiger partial charge in [0.25, 0.3) is 0 Å². The molecule has 7 nitrogen and oxygen atoms in total. The summed E-state index contributed by atoms with van der Waals surface area (Å²) in [5.74, 6) is -1.02. The molecule has 0 fully saturated rings. The average Bonchev–Trinajstić information content (AvgIpc) is 2.95. The molecule has 0 amide bonds. The number of aromatic nitrogens is 1. The summed E-state index contributed by atoms with van der Waals surface area (Å²) in [6.45, 7) is 8.14. The van der Waals surface area contributed by atoms with Crippen molar-refractivity contribution in [1.29, 1.82) is 0 Å². The van der Waals surface area contributed by atoms with E-state index in [4.69, 9.17) is 14.9 Å². The first-order valence-electron chi connectivity index (χ1n) is 11.5. The second-order valence-electron chi connectivity index (χ2n) is 8.43. The van der Waals surface area contributed by atoms with Gasteiger partial charge in [-0.2, -0.15) is 0 Å². The fourth-order valence-corrected chi connectivity index (χ4v) is 4.15. The van der Waals surface area contributed by atoms with E-state index in [0.29, 0.717) is 24.7 Å². The molecular weight excluding hydrogens is 444 g/mol. The summed E-state index contributed by atoms with van der Waals surface area (Å²) in [7, 11) is 0. The molecule has 3 N–H and O–H groups in total. The second kappa shape index (κ2) is 13.3. The first-order chi connectivity index (χ1) is 16.4. The summed E-state index contributed by atoms with van der Waals surface area (Å²) in [6, 6.07) is 17.3. The molecule has 0 saturated carbocycles. The lowest BCUT2D eigenvalue weighted by atomic mass is 10.0. The van der Waals surface area contributed by atoms with Gasteiger partial charge in [0.15, 0.2) is 0 Å². The topological polar surface area (TPSA) is 101 Å². The smallest absolute Gasteiger partial charge is 0.328 e. The van der Waals surface area contributed by atoms with Gasteiger partial charge in [0.2, 0.25) is 0 Å². The van der Waals surface area contributed by atoms with Gasteiger partial charge in [-0.1, -0.05) is 51.6 Å². The van der Waals surface area contributed by atoms with Crippen LogP contribution in [-0.2, 0) is 29.0 Å². The van der Waals surface area contributed by atoms with Crippen molar-refractivity contribution in [2.75, 3.05) is 19.7 Å². The van der Waals surface area contributed by atoms with Gasteiger partial charge in [-0.05, 0) is 48.2 Å². The molecule has 0 saturated heterocycles. The third-order valence-corrected chi connectivity index (χ3v) is 5.76. The van der Waals surface area contributed by atoms with Crippen LogP contribution in [0.3, 0.4) is 0 Å². The maximum atomic E-state index is 9.55. The number of benzene rings is 2. The molecule has 1 aliphatic rings. The van der Waals surface area contributed by atoms with Crippen LogP contribution in [-0.4, -0.2) is 46.4 Å². The minimum absolute atomic E-state index is 0. The number of aliphatic carboxylic acids is 2. The van der Waals surface area contributed by atoms with Crippen LogP contribution in [0.25, 0.3) is 10.9 Å². The number of carboxylic acids is 2. The molecule has 3 aromatic rings. The van der Waals surface area contributed by atoms with Gasteiger partial charge in [-0.3, -0.25) is 0 Å². The summed E-state index contributed by atoms with van der Waals surface area (Å²) in [5.41, 5.74) is 5.68. The second-order valence-corrected chi connectivity index (χ2v) is 8.43. The molecule has 0 spiro atoms. The molecule has 4 rings (SSSR count). The monoisotopic (exact) mass is 480 g/mol. The molecule has 0 radical (unpaired) electrons. The third-order valence-electron chi connectivity index (χ3n) is 5.76. The maximum absolute atomic E-state index is 9.55. The summed E-state index contributed by atoms with van der Waals surface area (Å²) >= 11 is 0. The number of carbonyl (C=O) groups is 2. The van der Waals surface area contributed by atoms with Crippen LogP contribution in [0, 0.1) is 0 Å². The predicted molar refractivity (Wildman–Crippen MR) is 139 cm³/mol. The maximum Gasteiger partial charge on any atom is 0.328 e.